The highest BCUT2D eigenvalue weighted by atomic mass is 16.5. The molecule has 0 aliphatic carbocycles. The van der Waals surface area contributed by atoms with Crippen molar-refractivity contribution in [2.75, 3.05) is 32.9 Å². The van der Waals surface area contributed by atoms with Crippen LogP contribution in [0.15, 0.2) is 42.5 Å². The molecule has 0 saturated carbocycles. The highest BCUT2D eigenvalue weighted by molar-refractivity contribution is 5.88. The molecular weight excluding hydrogens is 380 g/mol. The Labute approximate surface area is 174 Å². The maximum atomic E-state index is 12.2. The molecule has 0 spiro atoms. The topological polar surface area (TPSA) is 92.5 Å². The Kier molecular flexibility index (Phi) is 5.77. The molecule has 7 nitrogen and oxygen atoms in total. The fraction of sp³-hybridized carbons (Fsp3) is 0.261. The van der Waals surface area contributed by atoms with Crippen molar-refractivity contribution in [3.63, 3.8) is 0 Å². The number of carbonyl (C=O) groups is 1. The summed E-state index contributed by atoms with van der Waals surface area (Å²) in [6.07, 6.45) is 1.80. The Bertz CT molecular complexity index is 1120. The number of morpholine rings is 1. The minimum atomic E-state index is -0.0429. The first kappa shape index (κ1) is 19.7. The van der Waals surface area contributed by atoms with Crippen molar-refractivity contribution in [3.8, 4) is 11.8 Å². The van der Waals surface area contributed by atoms with Crippen LogP contribution in [0, 0.1) is 18.3 Å². The molecule has 1 saturated heterocycles. The number of carbonyl (C=O) groups excluding carboxylic acids is 1. The number of ether oxygens (including phenoxy) is 2. The molecule has 0 radical (unpaired) electrons. The van der Waals surface area contributed by atoms with E-state index >= 15 is 0 Å². The van der Waals surface area contributed by atoms with E-state index in [1.807, 2.05) is 37.3 Å². The van der Waals surface area contributed by atoms with Gasteiger partial charge in [-0.15, -0.1) is 0 Å². The van der Waals surface area contributed by atoms with E-state index in [9.17, 15) is 10.1 Å². The highest BCUT2D eigenvalue weighted by Gasteiger charge is 2.17. The molecule has 7 heteroatoms. The van der Waals surface area contributed by atoms with Gasteiger partial charge in [-0.25, -0.2) is 9.97 Å². The van der Waals surface area contributed by atoms with Crippen LogP contribution in [0.3, 0.4) is 0 Å². The smallest absolute Gasteiger partial charge is 0.296 e. The molecule has 1 aromatic heterocycles. The maximum absolute atomic E-state index is 12.2. The summed E-state index contributed by atoms with van der Waals surface area (Å²) in [6, 6.07) is 15.6. The van der Waals surface area contributed by atoms with Crippen molar-refractivity contribution in [1.82, 2.24) is 9.88 Å². The first-order valence-electron chi connectivity index (χ1n) is 9.84. The second-order valence-electron chi connectivity index (χ2n) is 7.19. The molecule has 0 atom stereocenters. The SMILES string of the molecule is Cc1ccc2[nH+]c(C(C#N)=Cc3ccc(OCC(=O)N4CCOCC4)cc3)[nH]c2c1. The molecule has 1 aliphatic rings. The lowest BCUT2D eigenvalue weighted by Crippen LogP contribution is -2.42. The average molecular weight is 403 g/mol. The fourth-order valence-electron chi connectivity index (χ4n) is 3.34. The molecule has 1 amide bonds. The van der Waals surface area contributed by atoms with E-state index in [-0.39, 0.29) is 12.5 Å². The molecule has 0 unspecified atom stereocenters. The zero-order valence-corrected chi connectivity index (χ0v) is 16.8. The van der Waals surface area contributed by atoms with Crippen molar-refractivity contribution in [3.05, 3.63) is 59.4 Å². The number of hydrogen-bond donors (Lipinski definition) is 1. The Morgan fingerprint density at radius 3 is 2.77 bits per heavy atom. The second-order valence-corrected chi connectivity index (χ2v) is 7.19. The second kappa shape index (κ2) is 8.80. The number of fused-ring (bicyclic) bond motifs is 1. The van der Waals surface area contributed by atoms with E-state index in [4.69, 9.17) is 9.47 Å². The quantitative estimate of drug-likeness (QED) is 0.663. The Morgan fingerprint density at radius 1 is 1.27 bits per heavy atom. The van der Waals surface area contributed by atoms with E-state index in [0.717, 1.165) is 22.2 Å². The zero-order valence-electron chi connectivity index (χ0n) is 16.8. The van der Waals surface area contributed by atoms with Crippen molar-refractivity contribution >= 4 is 28.6 Å². The first-order chi connectivity index (χ1) is 14.6. The number of aryl methyl sites for hydroxylation is 1. The Morgan fingerprint density at radius 2 is 2.03 bits per heavy atom. The fourth-order valence-corrected chi connectivity index (χ4v) is 3.34. The van der Waals surface area contributed by atoms with E-state index in [1.54, 1.807) is 23.1 Å². The summed E-state index contributed by atoms with van der Waals surface area (Å²) in [5, 5.41) is 9.61. The summed E-state index contributed by atoms with van der Waals surface area (Å²) < 4.78 is 10.9. The molecule has 2 heterocycles. The van der Waals surface area contributed by atoms with Gasteiger partial charge in [0, 0.05) is 13.1 Å². The molecule has 1 fully saturated rings. The van der Waals surface area contributed by atoms with Crippen molar-refractivity contribution in [1.29, 1.82) is 5.26 Å². The molecule has 3 aromatic rings. The van der Waals surface area contributed by atoms with Crippen LogP contribution in [0.25, 0.3) is 22.7 Å². The van der Waals surface area contributed by atoms with Gasteiger partial charge >= 0.3 is 0 Å². The number of imidazole rings is 1. The summed E-state index contributed by atoms with van der Waals surface area (Å²) in [5.74, 6) is 1.23. The summed E-state index contributed by atoms with van der Waals surface area (Å²) in [7, 11) is 0. The van der Waals surface area contributed by atoms with E-state index in [0.29, 0.717) is 43.5 Å². The number of amides is 1. The van der Waals surface area contributed by atoms with Gasteiger partial charge < -0.3 is 14.4 Å². The number of benzene rings is 2. The van der Waals surface area contributed by atoms with Gasteiger partial charge in [-0.1, -0.05) is 18.2 Å². The van der Waals surface area contributed by atoms with Crippen LogP contribution in [-0.4, -0.2) is 48.7 Å². The van der Waals surface area contributed by atoms with Gasteiger partial charge in [-0.05, 0) is 48.4 Å². The van der Waals surface area contributed by atoms with Crippen LogP contribution >= 0.6 is 0 Å². The minimum absolute atomic E-state index is 0.00206. The van der Waals surface area contributed by atoms with Crippen LogP contribution in [0.5, 0.6) is 5.75 Å². The van der Waals surface area contributed by atoms with Crippen LogP contribution in [0.1, 0.15) is 17.0 Å². The van der Waals surface area contributed by atoms with Gasteiger partial charge in [0.15, 0.2) is 17.6 Å². The normalized spacial score (nSPS) is 14.5. The number of nitrogens with zero attached hydrogens (tertiary/aromatic N) is 2. The standard InChI is InChI=1S/C23H22N4O3/c1-16-2-7-20-21(12-16)26-23(25-20)18(14-24)13-17-3-5-19(6-4-17)30-15-22(28)27-8-10-29-11-9-27/h2-7,12-13H,8-11,15H2,1H3,(H,25,26)/p+1. The molecule has 2 aromatic carbocycles. The Hall–Kier alpha value is -3.63. The molecule has 152 valence electrons. The minimum Gasteiger partial charge on any atom is -0.484 e. The molecule has 30 heavy (non-hydrogen) atoms. The number of nitriles is 1. The van der Waals surface area contributed by atoms with E-state index < -0.39 is 0 Å². The van der Waals surface area contributed by atoms with Gasteiger partial charge in [0.1, 0.15) is 17.4 Å². The monoisotopic (exact) mass is 403 g/mol. The zero-order chi connectivity index (χ0) is 20.9. The van der Waals surface area contributed by atoms with Crippen molar-refractivity contribution < 1.29 is 19.3 Å². The van der Waals surface area contributed by atoms with Crippen LogP contribution in [0.2, 0.25) is 0 Å². The lowest BCUT2D eigenvalue weighted by Gasteiger charge is -2.26. The third-order valence-electron chi connectivity index (χ3n) is 5.00. The van der Waals surface area contributed by atoms with Gasteiger partial charge in [0.05, 0.1) is 13.2 Å². The number of aromatic nitrogens is 2. The first-order valence-corrected chi connectivity index (χ1v) is 9.84. The predicted molar refractivity (Wildman–Crippen MR) is 112 cm³/mol. The largest absolute Gasteiger partial charge is 0.484 e. The highest BCUT2D eigenvalue weighted by Crippen LogP contribution is 2.19. The van der Waals surface area contributed by atoms with Crippen LogP contribution in [-0.2, 0) is 9.53 Å². The van der Waals surface area contributed by atoms with Gasteiger partial charge in [-0.2, -0.15) is 5.26 Å². The van der Waals surface area contributed by atoms with Crippen molar-refractivity contribution in [2.45, 2.75) is 6.92 Å². The number of nitrogens with one attached hydrogen (secondary N) is 2. The number of aromatic amines is 2. The van der Waals surface area contributed by atoms with Crippen molar-refractivity contribution in [2.24, 2.45) is 0 Å². The maximum Gasteiger partial charge on any atom is 0.296 e. The molecular formula is C23H23N4O3+. The lowest BCUT2D eigenvalue weighted by molar-refractivity contribution is -0.348. The van der Waals surface area contributed by atoms with Crippen LogP contribution in [0.4, 0.5) is 0 Å². The summed E-state index contributed by atoms with van der Waals surface area (Å²) >= 11 is 0. The summed E-state index contributed by atoms with van der Waals surface area (Å²) in [5.41, 5.74) is 4.42. The third kappa shape index (κ3) is 4.50. The molecule has 4 rings (SSSR count). The van der Waals surface area contributed by atoms with Gasteiger partial charge in [0.2, 0.25) is 0 Å². The number of hydrogen-bond acceptors (Lipinski definition) is 4. The summed E-state index contributed by atoms with van der Waals surface area (Å²) in [4.78, 5) is 20.4. The molecule has 2 N–H and O–H groups in total. The number of allylic oxidation sites excluding steroid dienone is 1. The van der Waals surface area contributed by atoms with E-state index in [2.05, 4.69) is 16.0 Å². The van der Waals surface area contributed by atoms with Gasteiger partial charge in [-0.3, -0.25) is 4.79 Å². The Balaban J connectivity index is 1.43. The average Bonchev–Trinajstić information content (AvgIpc) is 3.20. The molecule has 1 aliphatic heterocycles. The molecule has 0 bridgehead atoms. The van der Waals surface area contributed by atoms with Crippen LogP contribution < -0.4 is 9.72 Å². The lowest BCUT2D eigenvalue weighted by atomic mass is 10.1. The van der Waals surface area contributed by atoms with E-state index in [1.165, 1.54) is 0 Å². The third-order valence-corrected chi connectivity index (χ3v) is 5.00. The van der Waals surface area contributed by atoms with Gasteiger partial charge in [0.25, 0.3) is 11.7 Å². The number of H-pyrrole nitrogens is 2. The predicted octanol–water partition coefficient (Wildman–Crippen LogP) is 2.59. The number of rotatable bonds is 5. The summed E-state index contributed by atoms with van der Waals surface area (Å²) in [6.45, 7) is 4.38.